The van der Waals surface area contributed by atoms with Crippen LogP contribution in [-0.2, 0) is 11.3 Å². The van der Waals surface area contributed by atoms with Crippen LogP contribution in [0.5, 0.6) is 0 Å². The molecule has 1 aromatic heterocycles. The van der Waals surface area contributed by atoms with E-state index in [2.05, 4.69) is 18.8 Å². The highest BCUT2D eigenvalue weighted by Gasteiger charge is 2.04. The van der Waals surface area contributed by atoms with Gasteiger partial charge in [0.2, 0.25) is 0 Å². The van der Waals surface area contributed by atoms with E-state index in [0.717, 1.165) is 17.7 Å². The van der Waals surface area contributed by atoms with Crippen LogP contribution in [0.1, 0.15) is 19.4 Å². The lowest BCUT2D eigenvalue weighted by Gasteiger charge is -2.06. The molecule has 0 saturated carbocycles. The molecule has 1 aromatic carbocycles. The number of rotatable bonds is 4. The summed E-state index contributed by atoms with van der Waals surface area (Å²) in [7, 11) is 0. The highest BCUT2D eigenvalue weighted by molar-refractivity contribution is 5.74. The molecule has 2 rings (SSSR count). The van der Waals surface area contributed by atoms with Gasteiger partial charge in [-0.15, -0.1) is 0 Å². The number of aromatic nitrogens is 1. The van der Waals surface area contributed by atoms with E-state index in [9.17, 15) is 0 Å². The highest BCUT2D eigenvalue weighted by atomic mass is 16.5. The van der Waals surface area contributed by atoms with Crippen molar-refractivity contribution in [1.82, 2.24) is 4.98 Å². The van der Waals surface area contributed by atoms with Gasteiger partial charge >= 0.3 is 0 Å². The minimum Gasteiger partial charge on any atom is -0.424 e. The lowest BCUT2D eigenvalue weighted by Crippen LogP contribution is -2.01. The van der Waals surface area contributed by atoms with Gasteiger partial charge in [-0.25, -0.2) is 0 Å². The predicted molar refractivity (Wildman–Crippen MR) is 62.9 cm³/mol. The molecule has 0 aliphatic rings. The van der Waals surface area contributed by atoms with Crippen molar-refractivity contribution in [2.45, 2.75) is 20.5 Å². The van der Waals surface area contributed by atoms with Crippen molar-refractivity contribution in [3.63, 3.8) is 0 Å². The highest BCUT2D eigenvalue weighted by Crippen LogP contribution is 2.18. The zero-order valence-corrected chi connectivity index (χ0v) is 9.56. The zero-order valence-electron chi connectivity index (χ0n) is 9.56. The zero-order chi connectivity index (χ0) is 11.5. The quantitative estimate of drug-likeness (QED) is 0.860. The molecule has 0 aliphatic heterocycles. The Morgan fingerprint density at radius 3 is 3.00 bits per heavy atom. The Morgan fingerprint density at radius 2 is 2.25 bits per heavy atom. The van der Waals surface area contributed by atoms with Crippen molar-refractivity contribution in [1.29, 1.82) is 0 Å². The van der Waals surface area contributed by atoms with Gasteiger partial charge in [-0.1, -0.05) is 19.9 Å². The number of fused-ring (bicyclic) bond motifs is 1. The van der Waals surface area contributed by atoms with E-state index < -0.39 is 0 Å². The maximum atomic E-state index is 5.54. The van der Waals surface area contributed by atoms with Crippen molar-refractivity contribution in [3.05, 3.63) is 23.8 Å². The third-order valence-electron chi connectivity index (χ3n) is 2.19. The number of anilines is 1. The van der Waals surface area contributed by atoms with Crippen LogP contribution < -0.4 is 5.73 Å². The summed E-state index contributed by atoms with van der Waals surface area (Å²) in [6.45, 7) is 5.60. The maximum absolute atomic E-state index is 5.54. The first-order valence-corrected chi connectivity index (χ1v) is 5.38. The van der Waals surface area contributed by atoms with Crippen molar-refractivity contribution < 1.29 is 9.15 Å². The van der Waals surface area contributed by atoms with E-state index in [1.54, 1.807) is 0 Å². The minimum atomic E-state index is 0.204. The topological polar surface area (TPSA) is 61.3 Å². The third-order valence-corrected chi connectivity index (χ3v) is 2.19. The van der Waals surface area contributed by atoms with Gasteiger partial charge in [0.25, 0.3) is 6.01 Å². The first-order valence-electron chi connectivity index (χ1n) is 5.38. The van der Waals surface area contributed by atoms with Crippen LogP contribution in [0.2, 0.25) is 0 Å². The molecule has 86 valence electrons. The molecule has 0 amide bonds. The number of hydrogen-bond acceptors (Lipinski definition) is 4. The number of benzene rings is 1. The van der Waals surface area contributed by atoms with Gasteiger partial charge in [0.05, 0.1) is 6.61 Å². The summed E-state index contributed by atoms with van der Waals surface area (Å²) in [5.41, 5.74) is 8.04. The molecule has 2 N–H and O–H groups in total. The van der Waals surface area contributed by atoms with Crippen LogP contribution in [0, 0.1) is 5.92 Å². The number of ether oxygens (including phenoxy) is 1. The van der Waals surface area contributed by atoms with Gasteiger partial charge in [0.15, 0.2) is 5.58 Å². The van der Waals surface area contributed by atoms with Gasteiger partial charge < -0.3 is 14.9 Å². The first kappa shape index (κ1) is 11.0. The summed E-state index contributed by atoms with van der Waals surface area (Å²) < 4.78 is 10.8. The first-order chi connectivity index (χ1) is 7.65. The van der Waals surface area contributed by atoms with Crippen molar-refractivity contribution in [3.8, 4) is 0 Å². The molecule has 0 fully saturated rings. The van der Waals surface area contributed by atoms with E-state index in [1.165, 1.54) is 0 Å². The van der Waals surface area contributed by atoms with Gasteiger partial charge in [-0.3, -0.25) is 0 Å². The summed E-state index contributed by atoms with van der Waals surface area (Å²) in [6.07, 6.45) is 0. The van der Waals surface area contributed by atoms with E-state index in [1.807, 2.05) is 18.2 Å². The van der Waals surface area contributed by atoms with Crippen molar-refractivity contribution in [2.75, 3.05) is 12.3 Å². The Labute approximate surface area is 94.4 Å². The molecule has 0 spiro atoms. The molecule has 1 heterocycles. The number of nitrogens with two attached hydrogens (primary N) is 1. The number of oxazole rings is 1. The second-order valence-electron chi connectivity index (χ2n) is 4.26. The lowest BCUT2D eigenvalue weighted by molar-refractivity contribution is 0.0971. The standard InChI is InChI=1S/C12H16N2O2/c1-8(2)6-15-7-9-3-4-10-11(5-9)16-12(13)14-10/h3-5,8H,6-7H2,1-2H3,(H2,13,14). The van der Waals surface area contributed by atoms with Crippen molar-refractivity contribution in [2.24, 2.45) is 5.92 Å². The summed E-state index contributed by atoms with van der Waals surface area (Å²) >= 11 is 0. The van der Waals surface area contributed by atoms with Gasteiger partial charge in [0, 0.05) is 6.61 Å². The maximum Gasteiger partial charge on any atom is 0.292 e. The van der Waals surface area contributed by atoms with E-state index in [0.29, 0.717) is 18.1 Å². The predicted octanol–water partition coefficient (Wildman–Crippen LogP) is 2.58. The molecule has 0 aliphatic carbocycles. The van der Waals surface area contributed by atoms with Gasteiger partial charge in [-0.2, -0.15) is 4.98 Å². The number of nitrogens with zero attached hydrogens (tertiary/aromatic N) is 1. The van der Waals surface area contributed by atoms with E-state index in [4.69, 9.17) is 14.9 Å². The smallest absolute Gasteiger partial charge is 0.292 e. The molecule has 0 saturated heterocycles. The lowest BCUT2D eigenvalue weighted by atomic mass is 10.2. The minimum absolute atomic E-state index is 0.204. The van der Waals surface area contributed by atoms with E-state index >= 15 is 0 Å². The Bertz CT molecular complexity index is 477. The second kappa shape index (κ2) is 4.53. The average molecular weight is 220 g/mol. The van der Waals surface area contributed by atoms with Crippen LogP contribution >= 0.6 is 0 Å². The molecule has 0 atom stereocenters. The summed E-state index contributed by atoms with van der Waals surface area (Å²) in [5.74, 6) is 0.546. The molecule has 0 unspecified atom stereocenters. The van der Waals surface area contributed by atoms with Crippen LogP contribution in [0.4, 0.5) is 6.01 Å². The molecule has 16 heavy (non-hydrogen) atoms. The SMILES string of the molecule is CC(C)COCc1ccc2nc(N)oc2c1. The van der Waals surface area contributed by atoms with Crippen LogP contribution in [-0.4, -0.2) is 11.6 Å². The fraction of sp³-hybridized carbons (Fsp3) is 0.417. The molecule has 4 nitrogen and oxygen atoms in total. The Morgan fingerprint density at radius 1 is 1.44 bits per heavy atom. The molecule has 2 aromatic rings. The molecule has 0 radical (unpaired) electrons. The summed E-state index contributed by atoms with van der Waals surface area (Å²) in [6, 6.07) is 5.99. The van der Waals surface area contributed by atoms with Crippen LogP contribution in [0.25, 0.3) is 11.1 Å². The Kier molecular flexibility index (Phi) is 3.10. The summed E-state index contributed by atoms with van der Waals surface area (Å²) in [4.78, 5) is 4.03. The number of nitrogen functional groups attached to an aromatic ring is 1. The Balaban J connectivity index is 2.07. The van der Waals surface area contributed by atoms with Crippen LogP contribution in [0.15, 0.2) is 22.6 Å². The Hall–Kier alpha value is -1.55. The summed E-state index contributed by atoms with van der Waals surface area (Å²) in [5, 5.41) is 0. The monoisotopic (exact) mass is 220 g/mol. The second-order valence-corrected chi connectivity index (χ2v) is 4.26. The molecule has 4 heteroatoms. The average Bonchev–Trinajstić information content (AvgIpc) is 2.56. The van der Waals surface area contributed by atoms with Crippen molar-refractivity contribution >= 4 is 17.1 Å². The fourth-order valence-corrected chi connectivity index (χ4v) is 1.49. The third kappa shape index (κ3) is 2.52. The van der Waals surface area contributed by atoms with Gasteiger partial charge in [-0.05, 0) is 23.6 Å². The molecular formula is C12H16N2O2. The van der Waals surface area contributed by atoms with E-state index in [-0.39, 0.29) is 6.01 Å². The molecular weight excluding hydrogens is 204 g/mol. The van der Waals surface area contributed by atoms with Gasteiger partial charge in [0.1, 0.15) is 5.52 Å². The fourth-order valence-electron chi connectivity index (χ4n) is 1.49. The number of hydrogen-bond donors (Lipinski definition) is 1. The normalized spacial score (nSPS) is 11.4. The largest absolute Gasteiger partial charge is 0.424 e. The molecule has 0 bridgehead atoms. The van der Waals surface area contributed by atoms with Crippen LogP contribution in [0.3, 0.4) is 0 Å².